The summed E-state index contributed by atoms with van der Waals surface area (Å²) in [7, 11) is 2.08. The minimum atomic E-state index is 0.470. The first-order valence-corrected chi connectivity index (χ1v) is 8.13. The summed E-state index contributed by atoms with van der Waals surface area (Å²) in [6.07, 6.45) is 9.69. The zero-order valence-corrected chi connectivity index (χ0v) is 12.3. The van der Waals surface area contributed by atoms with Gasteiger partial charge in [-0.25, -0.2) is 4.99 Å². The van der Waals surface area contributed by atoms with Crippen molar-refractivity contribution in [1.82, 2.24) is 4.90 Å². The third-order valence-electron chi connectivity index (χ3n) is 3.63. The number of thioether (sulfide) groups is 1. The summed E-state index contributed by atoms with van der Waals surface area (Å²) >= 11 is 1.87. The van der Waals surface area contributed by atoms with Gasteiger partial charge in [-0.2, -0.15) is 11.8 Å². The van der Waals surface area contributed by atoms with E-state index in [1.54, 1.807) is 0 Å². The van der Waals surface area contributed by atoms with Gasteiger partial charge in [-0.3, -0.25) is 0 Å². The Bertz CT molecular complexity index is 237. The van der Waals surface area contributed by atoms with E-state index in [0.29, 0.717) is 12.1 Å². The molecule has 1 saturated carbocycles. The topological polar surface area (TPSA) is 41.6 Å². The van der Waals surface area contributed by atoms with E-state index >= 15 is 0 Å². The second kappa shape index (κ2) is 7.85. The van der Waals surface area contributed by atoms with Gasteiger partial charge < -0.3 is 10.6 Å². The third-order valence-corrected chi connectivity index (χ3v) is 4.35. The predicted molar refractivity (Wildman–Crippen MR) is 78.7 cm³/mol. The van der Waals surface area contributed by atoms with Gasteiger partial charge in [-0.05, 0) is 25.5 Å². The Kier molecular flexibility index (Phi) is 6.78. The van der Waals surface area contributed by atoms with Crippen LogP contribution in [0.2, 0.25) is 0 Å². The van der Waals surface area contributed by atoms with E-state index in [1.165, 1.54) is 32.1 Å². The lowest BCUT2D eigenvalue weighted by Crippen LogP contribution is -2.43. The molecule has 1 aliphatic rings. The van der Waals surface area contributed by atoms with Crippen LogP contribution < -0.4 is 5.73 Å². The Hall–Kier alpha value is -0.380. The zero-order chi connectivity index (χ0) is 12.7. The zero-order valence-electron chi connectivity index (χ0n) is 11.5. The van der Waals surface area contributed by atoms with Crippen LogP contribution in [-0.2, 0) is 0 Å². The van der Waals surface area contributed by atoms with Crippen molar-refractivity contribution in [3.05, 3.63) is 0 Å². The van der Waals surface area contributed by atoms with Gasteiger partial charge >= 0.3 is 0 Å². The number of nitrogens with two attached hydrogens (primary N) is 1. The van der Waals surface area contributed by atoms with Crippen molar-refractivity contribution in [1.29, 1.82) is 0 Å². The highest BCUT2D eigenvalue weighted by Crippen LogP contribution is 2.20. The standard InChI is InChI=1S/C13H27N3S/c1-4-12(10-17-3)16(2)13(14)15-11-8-6-5-7-9-11/h11-12H,4-10H2,1-3H3,(H2,14,15). The lowest BCUT2D eigenvalue weighted by Gasteiger charge is -2.29. The van der Waals surface area contributed by atoms with Crippen LogP contribution in [0.25, 0.3) is 0 Å². The molecule has 1 fully saturated rings. The van der Waals surface area contributed by atoms with Crippen LogP contribution in [0.3, 0.4) is 0 Å². The maximum atomic E-state index is 6.12. The smallest absolute Gasteiger partial charge is 0.191 e. The first-order valence-electron chi connectivity index (χ1n) is 6.74. The molecule has 17 heavy (non-hydrogen) atoms. The molecule has 0 heterocycles. The van der Waals surface area contributed by atoms with Gasteiger partial charge in [0.2, 0.25) is 0 Å². The van der Waals surface area contributed by atoms with Gasteiger partial charge in [0.25, 0.3) is 0 Å². The highest BCUT2D eigenvalue weighted by atomic mass is 32.2. The lowest BCUT2D eigenvalue weighted by molar-refractivity contribution is 0.372. The maximum Gasteiger partial charge on any atom is 0.191 e. The summed E-state index contributed by atoms with van der Waals surface area (Å²) in [4.78, 5) is 6.86. The highest BCUT2D eigenvalue weighted by molar-refractivity contribution is 7.98. The average Bonchev–Trinajstić information content (AvgIpc) is 2.36. The minimum absolute atomic E-state index is 0.470. The molecule has 0 saturated heterocycles. The molecule has 0 aromatic carbocycles. The van der Waals surface area contributed by atoms with Crippen LogP contribution in [0.1, 0.15) is 45.4 Å². The molecule has 100 valence electrons. The first-order chi connectivity index (χ1) is 8.19. The van der Waals surface area contributed by atoms with Crippen LogP contribution in [0.15, 0.2) is 4.99 Å². The van der Waals surface area contributed by atoms with Crippen molar-refractivity contribution in [2.45, 2.75) is 57.5 Å². The van der Waals surface area contributed by atoms with Crippen LogP contribution >= 0.6 is 11.8 Å². The van der Waals surface area contributed by atoms with E-state index in [1.807, 2.05) is 11.8 Å². The largest absolute Gasteiger partial charge is 0.370 e. The lowest BCUT2D eigenvalue weighted by atomic mass is 9.96. The Morgan fingerprint density at radius 2 is 2.06 bits per heavy atom. The first kappa shape index (κ1) is 14.7. The molecule has 0 amide bonds. The molecule has 1 atom stereocenters. The summed E-state index contributed by atoms with van der Waals surface area (Å²) in [6.45, 7) is 2.21. The molecule has 3 nitrogen and oxygen atoms in total. The number of hydrogen-bond donors (Lipinski definition) is 1. The van der Waals surface area contributed by atoms with E-state index in [0.717, 1.165) is 18.1 Å². The molecule has 1 rings (SSSR count). The van der Waals surface area contributed by atoms with Crippen molar-refractivity contribution in [2.24, 2.45) is 10.7 Å². The molecule has 0 bridgehead atoms. The Morgan fingerprint density at radius 3 is 2.59 bits per heavy atom. The third kappa shape index (κ3) is 4.78. The molecule has 0 spiro atoms. The molecule has 1 unspecified atom stereocenters. The van der Waals surface area contributed by atoms with Crippen molar-refractivity contribution in [3.8, 4) is 0 Å². The maximum absolute atomic E-state index is 6.12. The van der Waals surface area contributed by atoms with Gasteiger partial charge in [-0.1, -0.05) is 26.2 Å². The summed E-state index contributed by atoms with van der Waals surface area (Å²) in [6, 6.07) is 0.982. The van der Waals surface area contributed by atoms with Crippen LogP contribution in [-0.4, -0.2) is 42.0 Å². The van der Waals surface area contributed by atoms with Gasteiger partial charge in [0.05, 0.1) is 6.04 Å². The number of nitrogens with zero attached hydrogens (tertiary/aromatic N) is 2. The van der Waals surface area contributed by atoms with Crippen LogP contribution in [0.5, 0.6) is 0 Å². The van der Waals surface area contributed by atoms with E-state index in [4.69, 9.17) is 10.7 Å². The van der Waals surface area contributed by atoms with Crippen LogP contribution in [0, 0.1) is 0 Å². The fourth-order valence-corrected chi connectivity index (χ4v) is 3.22. The minimum Gasteiger partial charge on any atom is -0.370 e. The predicted octanol–water partition coefficient (Wildman–Crippen LogP) is 2.71. The Morgan fingerprint density at radius 1 is 1.41 bits per heavy atom. The summed E-state index contributed by atoms with van der Waals surface area (Å²) in [5.41, 5.74) is 6.12. The SMILES string of the molecule is CCC(CSC)N(C)C(N)=NC1CCCCC1. The van der Waals surface area contributed by atoms with Crippen molar-refractivity contribution >= 4 is 17.7 Å². The normalized spacial score (nSPS) is 20.3. The molecule has 2 N–H and O–H groups in total. The fourth-order valence-electron chi connectivity index (χ4n) is 2.37. The Labute approximate surface area is 110 Å². The summed E-state index contributed by atoms with van der Waals surface area (Å²) in [5.74, 6) is 1.85. The van der Waals surface area contributed by atoms with E-state index < -0.39 is 0 Å². The average molecular weight is 257 g/mol. The number of guanidine groups is 1. The number of hydrogen-bond acceptors (Lipinski definition) is 2. The second-order valence-electron chi connectivity index (χ2n) is 4.91. The van der Waals surface area contributed by atoms with Crippen LogP contribution in [0.4, 0.5) is 0 Å². The summed E-state index contributed by atoms with van der Waals surface area (Å²) < 4.78 is 0. The second-order valence-corrected chi connectivity index (χ2v) is 5.82. The summed E-state index contributed by atoms with van der Waals surface area (Å²) in [5, 5.41) is 0. The Balaban J connectivity index is 2.53. The van der Waals surface area contributed by atoms with Crippen molar-refractivity contribution < 1.29 is 0 Å². The van der Waals surface area contributed by atoms with Gasteiger partial charge in [0, 0.05) is 18.8 Å². The van der Waals surface area contributed by atoms with Crippen molar-refractivity contribution in [3.63, 3.8) is 0 Å². The van der Waals surface area contributed by atoms with E-state index in [-0.39, 0.29) is 0 Å². The highest BCUT2D eigenvalue weighted by Gasteiger charge is 2.17. The fraction of sp³-hybridized carbons (Fsp3) is 0.923. The molecular weight excluding hydrogens is 230 g/mol. The van der Waals surface area contributed by atoms with E-state index in [2.05, 4.69) is 25.1 Å². The van der Waals surface area contributed by atoms with Crippen molar-refractivity contribution in [2.75, 3.05) is 19.1 Å². The number of aliphatic imine (C=N–C) groups is 1. The molecular formula is C13H27N3S. The molecule has 0 aliphatic heterocycles. The molecule has 0 aromatic rings. The molecule has 4 heteroatoms. The quantitative estimate of drug-likeness (QED) is 0.608. The van der Waals surface area contributed by atoms with Gasteiger partial charge in [0.1, 0.15) is 0 Å². The molecule has 0 radical (unpaired) electrons. The van der Waals surface area contributed by atoms with Gasteiger partial charge in [0.15, 0.2) is 5.96 Å². The molecule has 0 aromatic heterocycles. The van der Waals surface area contributed by atoms with E-state index in [9.17, 15) is 0 Å². The monoisotopic (exact) mass is 257 g/mol. The number of rotatable bonds is 5. The van der Waals surface area contributed by atoms with Gasteiger partial charge in [-0.15, -0.1) is 0 Å². The molecule has 1 aliphatic carbocycles.